The molecule has 1 amide bonds. The molecule has 20 heavy (non-hydrogen) atoms. The summed E-state index contributed by atoms with van der Waals surface area (Å²) in [6, 6.07) is 9.40. The zero-order valence-corrected chi connectivity index (χ0v) is 12.6. The smallest absolute Gasteiger partial charge is 0.237 e. The van der Waals surface area contributed by atoms with E-state index < -0.39 is 0 Å². The van der Waals surface area contributed by atoms with Gasteiger partial charge in [-0.15, -0.1) is 5.10 Å². The molecule has 2 N–H and O–H groups in total. The van der Waals surface area contributed by atoms with Gasteiger partial charge < -0.3 is 5.32 Å². The quantitative estimate of drug-likeness (QED) is 0.830. The Hall–Kier alpha value is -1.82. The van der Waals surface area contributed by atoms with Gasteiger partial charge in [-0.1, -0.05) is 43.8 Å². The molecule has 0 saturated carbocycles. The Bertz CT molecular complexity index is 568. The fraction of sp³-hybridized carbons (Fsp3) is 0.357. The second kappa shape index (κ2) is 6.56. The molecule has 1 heterocycles. The van der Waals surface area contributed by atoms with Crippen molar-refractivity contribution >= 4 is 23.4 Å². The van der Waals surface area contributed by atoms with Crippen LogP contribution in [0.25, 0.3) is 0 Å². The predicted octanol–water partition coefficient (Wildman–Crippen LogP) is 3.05. The van der Waals surface area contributed by atoms with E-state index in [1.807, 2.05) is 51.1 Å². The lowest BCUT2D eigenvalue weighted by Crippen LogP contribution is -2.22. The van der Waals surface area contributed by atoms with Gasteiger partial charge in [-0.3, -0.25) is 9.89 Å². The van der Waals surface area contributed by atoms with E-state index >= 15 is 0 Å². The van der Waals surface area contributed by atoms with E-state index in [9.17, 15) is 4.79 Å². The van der Waals surface area contributed by atoms with Crippen molar-refractivity contribution in [3.05, 3.63) is 36.2 Å². The number of carbonyl (C=O) groups is 1. The molecule has 0 saturated heterocycles. The summed E-state index contributed by atoms with van der Waals surface area (Å²) in [6.07, 6.45) is 0. The van der Waals surface area contributed by atoms with Crippen molar-refractivity contribution in [3.63, 3.8) is 0 Å². The third-order valence-corrected chi connectivity index (χ3v) is 3.68. The van der Waals surface area contributed by atoms with Gasteiger partial charge in [-0.25, -0.2) is 4.98 Å². The van der Waals surface area contributed by atoms with Crippen LogP contribution in [0.2, 0.25) is 0 Å². The Balaban J connectivity index is 1.93. The topological polar surface area (TPSA) is 70.7 Å². The minimum atomic E-state index is -0.258. The number of aromatic nitrogens is 3. The zero-order valence-electron chi connectivity index (χ0n) is 11.8. The number of nitrogens with one attached hydrogen (secondary N) is 2. The molecule has 0 aliphatic carbocycles. The lowest BCUT2D eigenvalue weighted by atomic mass is 10.2. The first-order chi connectivity index (χ1) is 9.56. The summed E-state index contributed by atoms with van der Waals surface area (Å²) in [5, 5.41) is 10.2. The fourth-order valence-electron chi connectivity index (χ4n) is 1.55. The van der Waals surface area contributed by atoms with E-state index in [4.69, 9.17) is 0 Å². The van der Waals surface area contributed by atoms with Gasteiger partial charge >= 0.3 is 0 Å². The molecule has 1 aromatic carbocycles. The van der Waals surface area contributed by atoms with Crippen LogP contribution in [0.1, 0.15) is 32.5 Å². The van der Waals surface area contributed by atoms with Crippen LogP contribution >= 0.6 is 11.8 Å². The average Bonchev–Trinajstić information content (AvgIpc) is 2.88. The van der Waals surface area contributed by atoms with Gasteiger partial charge in [0.05, 0.1) is 5.25 Å². The van der Waals surface area contributed by atoms with E-state index in [-0.39, 0.29) is 11.2 Å². The Kier molecular flexibility index (Phi) is 4.79. The van der Waals surface area contributed by atoms with Crippen molar-refractivity contribution in [2.45, 2.75) is 37.1 Å². The molecule has 2 aromatic rings. The normalized spacial score (nSPS) is 12.4. The Morgan fingerprint density at radius 3 is 2.55 bits per heavy atom. The van der Waals surface area contributed by atoms with Crippen molar-refractivity contribution in [3.8, 4) is 0 Å². The van der Waals surface area contributed by atoms with Crippen LogP contribution in [0.5, 0.6) is 0 Å². The maximum atomic E-state index is 12.1. The average molecular weight is 290 g/mol. The summed E-state index contributed by atoms with van der Waals surface area (Å²) in [5.74, 6) is 1.07. The molecule has 0 aliphatic heterocycles. The summed E-state index contributed by atoms with van der Waals surface area (Å²) >= 11 is 1.34. The number of rotatable bonds is 5. The standard InChI is InChI=1S/C14H18N4OS/c1-9(2)12-16-14(18-17-12)20-10(3)13(19)15-11-7-5-4-6-8-11/h4-10H,1-3H3,(H,15,19)(H,16,17,18). The first-order valence-electron chi connectivity index (χ1n) is 6.51. The second-order valence-electron chi connectivity index (χ2n) is 4.77. The van der Waals surface area contributed by atoms with E-state index in [2.05, 4.69) is 20.5 Å². The van der Waals surface area contributed by atoms with Crippen LogP contribution in [0.15, 0.2) is 35.5 Å². The lowest BCUT2D eigenvalue weighted by molar-refractivity contribution is -0.115. The van der Waals surface area contributed by atoms with Gasteiger partial charge in [-0.2, -0.15) is 0 Å². The van der Waals surface area contributed by atoms with Gasteiger partial charge in [0.2, 0.25) is 11.1 Å². The summed E-state index contributed by atoms with van der Waals surface area (Å²) in [4.78, 5) is 16.4. The van der Waals surface area contributed by atoms with Crippen LogP contribution in [0, 0.1) is 0 Å². The molecule has 1 aromatic heterocycles. The molecule has 0 radical (unpaired) electrons. The first kappa shape index (κ1) is 14.6. The summed E-state index contributed by atoms with van der Waals surface area (Å²) < 4.78 is 0. The van der Waals surface area contributed by atoms with Crippen molar-refractivity contribution in [1.82, 2.24) is 15.2 Å². The molecule has 6 heteroatoms. The van der Waals surface area contributed by atoms with Gasteiger partial charge in [0.15, 0.2) is 0 Å². The molecule has 0 aliphatic rings. The highest BCUT2D eigenvalue weighted by molar-refractivity contribution is 8.00. The van der Waals surface area contributed by atoms with E-state index in [1.165, 1.54) is 11.8 Å². The van der Waals surface area contributed by atoms with Crippen molar-refractivity contribution < 1.29 is 4.79 Å². The maximum absolute atomic E-state index is 12.1. The molecule has 2 rings (SSSR count). The second-order valence-corrected chi connectivity index (χ2v) is 6.08. The van der Waals surface area contributed by atoms with Gasteiger partial charge in [-0.05, 0) is 19.1 Å². The van der Waals surface area contributed by atoms with Crippen LogP contribution in [-0.4, -0.2) is 26.3 Å². The number of carbonyl (C=O) groups excluding carboxylic acids is 1. The lowest BCUT2D eigenvalue weighted by Gasteiger charge is -2.09. The minimum Gasteiger partial charge on any atom is -0.325 e. The summed E-state index contributed by atoms with van der Waals surface area (Å²) in [6.45, 7) is 5.93. The zero-order chi connectivity index (χ0) is 14.5. The molecule has 0 spiro atoms. The number of H-pyrrole nitrogens is 1. The molecule has 0 fully saturated rings. The Morgan fingerprint density at radius 2 is 1.95 bits per heavy atom. The highest BCUT2D eigenvalue weighted by Crippen LogP contribution is 2.22. The highest BCUT2D eigenvalue weighted by Gasteiger charge is 2.17. The first-order valence-corrected chi connectivity index (χ1v) is 7.39. The van der Waals surface area contributed by atoms with Crippen molar-refractivity contribution in [2.75, 3.05) is 5.32 Å². The van der Waals surface area contributed by atoms with Crippen molar-refractivity contribution in [2.24, 2.45) is 0 Å². The molecular formula is C14H18N4OS. The van der Waals surface area contributed by atoms with Gasteiger partial charge in [0.1, 0.15) is 5.82 Å². The number of amides is 1. The van der Waals surface area contributed by atoms with Crippen LogP contribution in [0.4, 0.5) is 5.69 Å². The third-order valence-electron chi connectivity index (χ3n) is 2.72. The number of nitrogens with zero attached hydrogens (tertiary/aromatic N) is 2. The molecular weight excluding hydrogens is 272 g/mol. The number of hydrogen-bond donors (Lipinski definition) is 2. The van der Waals surface area contributed by atoms with Crippen LogP contribution in [-0.2, 0) is 4.79 Å². The molecule has 5 nitrogen and oxygen atoms in total. The number of anilines is 1. The molecule has 1 atom stereocenters. The monoisotopic (exact) mass is 290 g/mol. The number of para-hydroxylation sites is 1. The number of thioether (sulfide) groups is 1. The van der Waals surface area contributed by atoms with E-state index in [0.29, 0.717) is 11.1 Å². The largest absolute Gasteiger partial charge is 0.325 e. The Morgan fingerprint density at radius 1 is 1.25 bits per heavy atom. The molecule has 1 unspecified atom stereocenters. The van der Waals surface area contributed by atoms with Crippen LogP contribution in [0.3, 0.4) is 0 Å². The number of benzene rings is 1. The summed E-state index contributed by atoms with van der Waals surface area (Å²) in [5.41, 5.74) is 0.794. The number of aromatic amines is 1. The van der Waals surface area contributed by atoms with Crippen LogP contribution < -0.4 is 5.32 Å². The maximum Gasteiger partial charge on any atom is 0.237 e. The van der Waals surface area contributed by atoms with Crippen molar-refractivity contribution in [1.29, 1.82) is 0 Å². The number of hydrogen-bond acceptors (Lipinski definition) is 4. The molecule has 0 bridgehead atoms. The summed E-state index contributed by atoms with van der Waals surface area (Å²) in [7, 11) is 0. The van der Waals surface area contributed by atoms with E-state index in [0.717, 1.165) is 11.5 Å². The van der Waals surface area contributed by atoms with Gasteiger partial charge in [0.25, 0.3) is 0 Å². The predicted molar refractivity (Wildman–Crippen MR) is 80.9 cm³/mol. The Labute approximate surface area is 122 Å². The third kappa shape index (κ3) is 3.84. The molecule has 106 valence electrons. The fourth-order valence-corrected chi connectivity index (χ4v) is 2.28. The minimum absolute atomic E-state index is 0.0582. The SMILES string of the molecule is CC(Sc1n[nH]c(C(C)C)n1)C(=O)Nc1ccccc1. The van der Waals surface area contributed by atoms with E-state index in [1.54, 1.807) is 0 Å². The van der Waals surface area contributed by atoms with Gasteiger partial charge in [0, 0.05) is 11.6 Å². The highest BCUT2D eigenvalue weighted by atomic mass is 32.2.